The van der Waals surface area contributed by atoms with Crippen molar-refractivity contribution in [2.24, 2.45) is 0 Å². The highest BCUT2D eigenvalue weighted by molar-refractivity contribution is 5.66. The largest absolute Gasteiger partial charge is 0.476 e. The number of nitrogens with two attached hydrogens (primary N) is 1. The number of nitrogens with one attached hydrogen (secondary N) is 1. The Morgan fingerprint density at radius 3 is 2.88 bits per heavy atom. The van der Waals surface area contributed by atoms with Crippen molar-refractivity contribution in [2.75, 3.05) is 31.3 Å². The van der Waals surface area contributed by atoms with Crippen molar-refractivity contribution in [1.82, 2.24) is 9.97 Å². The molecule has 1 heterocycles. The van der Waals surface area contributed by atoms with E-state index in [0.29, 0.717) is 30.5 Å². The van der Waals surface area contributed by atoms with E-state index in [1.54, 1.807) is 7.11 Å². The number of hydrogen-bond acceptors (Lipinski definition) is 6. The molecule has 0 fully saturated rings. The molecule has 1 rings (SSSR count). The molecule has 3 N–H and O–H groups in total. The molecule has 0 bridgehead atoms. The summed E-state index contributed by atoms with van der Waals surface area (Å²) in [5, 5.41) is 3.10. The zero-order valence-corrected chi connectivity index (χ0v) is 10.6. The van der Waals surface area contributed by atoms with Crippen LogP contribution in [0.4, 0.5) is 11.5 Å². The van der Waals surface area contributed by atoms with Crippen LogP contribution in [0.25, 0.3) is 0 Å². The van der Waals surface area contributed by atoms with Crippen molar-refractivity contribution < 1.29 is 9.47 Å². The lowest BCUT2D eigenvalue weighted by Crippen LogP contribution is -2.19. The van der Waals surface area contributed by atoms with E-state index in [0.717, 1.165) is 6.42 Å². The Morgan fingerprint density at radius 2 is 2.24 bits per heavy atom. The Labute approximate surface area is 102 Å². The topological polar surface area (TPSA) is 82.3 Å². The maximum absolute atomic E-state index is 5.90. The van der Waals surface area contributed by atoms with E-state index in [4.69, 9.17) is 15.2 Å². The summed E-state index contributed by atoms with van der Waals surface area (Å²) < 4.78 is 10.5. The zero-order valence-electron chi connectivity index (χ0n) is 10.6. The van der Waals surface area contributed by atoms with Gasteiger partial charge in [0, 0.05) is 13.7 Å². The van der Waals surface area contributed by atoms with Crippen molar-refractivity contribution in [3.8, 4) is 5.88 Å². The molecule has 6 heteroatoms. The number of aromatic nitrogens is 2. The Kier molecular flexibility index (Phi) is 5.48. The maximum atomic E-state index is 5.90. The molecular formula is C11H20N4O2. The fourth-order valence-corrected chi connectivity index (χ4v) is 1.16. The molecule has 0 saturated heterocycles. The third-order valence-corrected chi connectivity index (χ3v) is 2.25. The Hall–Kier alpha value is -1.56. The molecule has 0 saturated carbocycles. The summed E-state index contributed by atoms with van der Waals surface area (Å²) in [5.74, 6) is 1.00. The summed E-state index contributed by atoms with van der Waals surface area (Å²) in [4.78, 5) is 8.06. The van der Waals surface area contributed by atoms with E-state index in [-0.39, 0.29) is 6.10 Å². The molecule has 0 amide bonds. The minimum atomic E-state index is 0.0874. The van der Waals surface area contributed by atoms with E-state index in [1.165, 1.54) is 6.33 Å². The van der Waals surface area contributed by atoms with Gasteiger partial charge in [-0.2, -0.15) is 4.98 Å². The Morgan fingerprint density at radius 1 is 1.47 bits per heavy atom. The third-order valence-electron chi connectivity index (χ3n) is 2.25. The van der Waals surface area contributed by atoms with Gasteiger partial charge in [0.15, 0.2) is 5.82 Å². The number of rotatable bonds is 7. The first kappa shape index (κ1) is 13.5. The normalized spacial score (nSPS) is 12.2. The van der Waals surface area contributed by atoms with Crippen LogP contribution in [0.2, 0.25) is 0 Å². The lowest BCUT2D eigenvalue weighted by molar-refractivity contribution is 0.128. The molecule has 1 unspecified atom stereocenters. The van der Waals surface area contributed by atoms with Gasteiger partial charge in [-0.3, -0.25) is 0 Å². The van der Waals surface area contributed by atoms with Crippen LogP contribution >= 0.6 is 0 Å². The number of nitrogens with zero attached hydrogens (tertiary/aromatic N) is 2. The van der Waals surface area contributed by atoms with Gasteiger partial charge in [0.2, 0.25) is 5.88 Å². The summed E-state index contributed by atoms with van der Waals surface area (Å²) >= 11 is 0. The molecule has 0 aromatic carbocycles. The molecule has 96 valence electrons. The minimum Gasteiger partial charge on any atom is -0.476 e. The van der Waals surface area contributed by atoms with Gasteiger partial charge in [-0.1, -0.05) is 6.92 Å². The van der Waals surface area contributed by atoms with E-state index < -0.39 is 0 Å². The summed E-state index contributed by atoms with van der Waals surface area (Å²) in [7, 11) is 1.66. The van der Waals surface area contributed by atoms with E-state index in [1.807, 2.05) is 13.8 Å². The van der Waals surface area contributed by atoms with Gasteiger partial charge in [-0.05, 0) is 13.3 Å². The van der Waals surface area contributed by atoms with Crippen molar-refractivity contribution in [2.45, 2.75) is 26.4 Å². The number of anilines is 2. The van der Waals surface area contributed by atoms with Crippen LogP contribution in [-0.2, 0) is 4.74 Å². The van der Waals surface area contributed by atoms with Crippen LogP contribution in [0.1, 0.15) is 20.3 Å². The SMILES string of the molecule is CCCOc1ncnc(NCC(C)OC)c1N. The Bertz CT molecular complexity index is 346. The molecule has 1 aromatic rings. The monoisotopic (exact) mass is 240 g/mol. The van der Waals surface area contributed by atoms with Gasteiger partial charge in [0.1, 0.15) is 12.0 Å². The van der Waals surface area contributed by atoms with Gasteiger partial charge in [0.05, 0.1) is 12.7 Å². The van der Waals surface area contributed by atoms with Crippen molar-refractivity contribution in [3.63, 3.8) is 0 Å². The lowest BCUT2D eigenvalue weighted by atomic mass is 10.4. The molecule has 1 atom stereocenters. The van der Waals surface area contributed by atoms with Gasteiger partial charge in [-0.15, -0.1) is 0 Å². The molecule has 17 heavy (non-hydrogen) atoms. The van der Waals surface area contributed by atoms with Gasteiger partial charge < -0.3 is 20.5 Å². The first-order valence-corrected chi connectivity index (χ1v) is 5.69. The summed E-state index contributed by atoms with van der Waals surface area (Å²) in [6, 6.07) is 0. The van der Waals surface area contributed by atoms with Gasteiger partial charge in [-0.25, -0.2) is 4.98 Å². The highest BCUT2D eigenvalue weighted by Crippen LogP contribution is 2.24. The number of ether oxygens (including phenoxy) is 2. The first-order chi connectivity index (χ1) is 8.19. The Balaban J connectivity index is 2.65. The first-order valence-electron chi connectivity index (χ1n) is 5.69. The number of hydrogen-bond donors (Lipinski definition) is 2. The van der Waals surface area contributed by atoms with Gasteiger partial charge in [0.25, 0.3) is 0 Å². The quantitative estimate of drug-likeness (QED) is 0.747. The standard InChI is InChI=1S/C11H20N4O2/c1-4-5-17-11-9(12)10(14-7-15-11)13-6-8(2)16-3/h7-8H,4-6,12H2,1-3H3,(H,13,14,15). The molecule has 1 aromatic heterocycles. The summed E-state index contributed by atoms with van der Waals surface area (Å²) in [5.41, 5.74) is 6.33. The molecule has 0 aliphatic carbocycles. The number of nitrogen functional groups attached to an aromatic ring is 1. The van der Waals surface area contributed by atoms with Crippen LogP contribution < -0.4 is 15.8 Å². The lowest BCUT2D eigenvalue weighted by Gasteiger charge is -2.14. The molecule has 0 aliphatic heterocycles. The molecular weight excluding hydrogens is 220 g/mol. The van der Waals surface area contributed by atoms with Crippen LogP contribution in [0.15, 0.2) is 6.33 Å². The second-order valence-corrected chi connectivity index (χ2v) is 3.72. The highest BCUT2D eigenvalue weighted by Gasteiger charge is 2.09. The van der Waals surface area contributed by atoms with Crippen LogP contribution in [-0.4, -0.2) is 36.3 Å². The van der Waals surface area contributed by atoms with Crippen LogP contribution in [0, 0.1) is 0 Å². The van der Waals surface area contributed by atoms with Crippen molar-refractivity contribution in [3.05, 3.63) is 6.33 Å². The predicted octanol–water partition coefficient (Wildman–Crippen LogP) is 1.29. The van der Waals surface area contributed by atoms with Crippen LogP contribution in [0.5, 0.6) is 5.88 Å². The van der Waals surface area contributed by atoms with Crippen molar-refractivity contribution in [1.29, 1.82) is 0 Å². The zero-order chi connectivity index (χ0) is 12.7. The average molecular weight is 240 g/mol. The molecule has 0 radical (unpaired) electrons. The highest BCUT2D eigenvalue weighted by atomic mass is 16.5. The van der Waals surface area contributed by atoms with E-state index >= 15 is 0 Å². The van der Waals surface area contributed by atoms with E-state index in [2.05, 4.69) is 15.3 Å². The smallest absolute Gasteiger partial charge is 0.242 e. The predicted molar refractivity (Wildman–Crippen MR) is 67.2 cm³/mol. The second-order valence-electron chi connectivity index (χ2n) is 3.72. The second kappa shape index (κ2) is 6.90. The summed E-state index contributed by atoms with van der Waals surface area (Å²) in [6.07, 6.45) is 2.43. The van der Waals surface area contributed by atoms with Crippen LogP contribution in [0.3, 0.4) is 0 Å². The minimum absolute atomic E-state index is 0.0874. The van der Waals surface area contributed by atoms with Gasteiger partial charge >= 0.3 is 0 Å². The third kappa shape index (κ3) is 4.07. The van der Waals surface area contributed by atoms with Crippen molar-refractivity contribution >= 4 is 11.5 Å². The average Bonchev–Trinajstić information content (AvgIpc) is 2.35. The van der Waals surface area contributed by atoms with E-state index in [9.17, 15) is 0 Å². The molecule has 0 spiro atoms. The number of methoxy groups -OCH3 is 1. The fraction of sp³-hybridized carbons (Fsp3) is 0.636. The maximum Gasteiger partial charge on any atom is 0.242 e. The molecule has 0 aliphatic rings. The fourth-order valence-electron chi connectivity index (χ4n) is 1.16. The molecule has 6 nitrogen and oxygen atoms in total. The summed E-state index contributed by atoms with van der Waals surface area (Å²) in [6.45, 7) is 5.20.